The Labute approximate surface area is 88.9 Å². The smallest absolute Gasteiger partial charge is 0.212 e. The summed E-state index contributed by atoms with van der Waals surface area (Å²) in [6.07, 6.45) is 1.99. The van der Waals surface area contributed by atoms with Crippen molar-refractivity contribution in [2.45, 2.75) is 19.9 Å². The lowest BCUT2D eigenvalue weighted by Gasteiger charge is -2.03. The molecule has 0 saturated carbocycles. The first kappa shape index (κ1) is 12.2. The van der Waals surface area contributed by atoms with Gasteiger partial charge in [0.2, 0.25) is 15.9 Å². The summed E-state index contributed by atoms with van der Waals surface area (Å²) in [6, 6.07) is 0. The average molecular weight is 233 g/mol. The second kappa shape index (κ2) is 5.24. The number of sulfonamides is 1. The van der Waals surface area contributed by atoms with Crippen LogP contribution in [0.15, 0.2) is 10.6 Å². The van der Waals surface area contributed by atoms with Crippen LogP contribution < -0.4 is 10.5 Å². The van der Waals surface area contributed by atoms with Gasteiger partial charge in [0.15, 0.2) is 0 Å². The fraction of sp³-hybridized carbons (Fsp3) is 0.625. The zero-order chi connectivity index (χ0) is 11.3. The first-order chi connectivity index (χ1) is 7.03. The van der Waals surface area contributed by atoms with E-state index < -0.39 is 10.0 Å². The molecule has 3 N–H and O–H groups in total. The van der Waals surface area contributed by atoms with Crippen LogP contribution >= 0.6 is 0 Å². The van der Waals surface area contributed by atoms with Crippen LogP contribution in [0.4, 0.5) is 0 Å². The Bertz CT molecular complexity index is 399. The highest BCUT2D eigenvalue weighted by Crippen LogP contribution is 2.01. The summed E-state index contributed by atoms with van der Waals surface area (Å²) < 4.78 is 30.2. The highest BCUT2D eigenvalue weighted by Gasteiger charge is 2.10. The van der Waals surface area contributed by atoms with Crippen molar-refractivity contribution in [1.82, 2.24) is 9.71 Å². The zero-order valence-electron chi connectivity index (χ0n) is 8.56. The molecule has 0 amide bonds. The van der Waals surface area contributed by atoms with Crippen LogP contribution in [-0.4, -0.2) is 25.7 Å². The minimum atomic E-state index is -3.26. The number of aromatic nitrogens is 1. The van der Waals surface area contributed by atoms with Gasteiger partial charge in [0.25, 0.3) is 0 Å². The number of nitrogens with two attached hydrogens (primary N) is 1. The topological polar surface area (TPSA) is 98.2 Å². The quantitative estimate of drug-likeness (QED) is 0.706. The van der Waals surface area contributed by atoms with Gasteiger partial charge in [-0.05, 0) is 19.9 Å². The fourth-order valence-electron chi connectivity index (χ4n) is 1.00. The van der Waals surface area contributed by atoms with Crippen molar-refractivity contribution in [3.63, 3.8) is 0 Å². The van der Waals surface area contributed by atoms with Crippen molar-refractivity contribution in [3.05, 3.63) is 17.8 Å². The van der Waals surface area contributed by atoms with E-state index in [9.17, 15) is 8.42 Å². The lowest BCUT2D eigenvalue weighted by Crippen LogP contribution is -2.27. The molecule has 15 heavy (non-hydrogen) atoms. The number of nitrogens with zero attached hydrogens (tertiary/aromatic N) is 1. The molecule has 0 atom stereocenters. The largest absolute Gasteiger partial charge is 0.445 e. The number of hydrogen-bond acceptors (Lipinski definition) is 5. The molecule has 1 aromatic rings. The first-order valence-electron chi connectivity index (χ1n) is 4.62. The Kier molecular flexibility index (Phi) is 4.25. The maximum absolute atomic E-state index is 11.3. The highest BCUT2D eigenvalue weighted by atomic mass is 32.2. The summed E-state index contributed by atoms with van der Waals surface area (Å²) >= 11 is 0. The molecule has 0 bridgehead atoms. The molecular formula is C8H15N3O3S. The molecule has 0 aromatic carbocycles. The number of oxazole rings is 1. The molecule has 0 radical (unpaired) electrons. The molecule has 1 rings (SSSR count). The van der Waals surface area contributed by atoms with Gasteiger partial charge in [-0.3, -0.25) is 0 Å². The van der Waals surface area contributed by atoms with E-state index in [0.717, 1.165) is 0 Å². The fourth-order valence-corrected chi connectivity index (χ4v) is 2.03. The van der Waals surface area contributed by atoms with Crippen molar-refractivity contribution >= 4 is 10.0 Å². The summed E-state index contributed by atoms with van der Waals surface area (Å²) in [7, 11) is -3.26. The van der Waals surface area contributed by atoms with E-state index in [1.807, 2.05) is 0 Å². The van der Waals surface area contributed by atoms with Gasteiger partial charge in [0.05, 0.1) is 18.5 Å². The molecule has 7 heteroatoms. The third-order valence-corrected chi connectivity index (χ3v) is 3.14. The zero-order valence-corrected chi connectivity index (χ0v) is 9.38. The lowest BCUT2D eigenvalue weighted by molar-refractivity contribution is 0.463. The Morgan fingerprint density at radius 2 is 2.33 bits per heavy atom. The summed E-state index contributed by atoms with van der Waals surface area (Å²) in [6.45, 7) is 2.19. The van der Waals surface area contributed by atoms with Gasteiger partial charge in [-0.15, -0.1) is 0 Å². The van der Waals surface area contributed by atoms with Gasteiger partial charge in [-0.1, -0.05) is 0 Å². The predicted octanol–water partition coefficient (Wildman–Crippen LogP) is -0.249. The van der Waals surface area contributed by atoms with Crippen molar-refractivity contribution < 1.29 is 12.8 Å². The van der Waals surface area contributed by atoms with Gasteiger partial charge in [0, 0.05) is 0 Å². The van der Waals surface area contributed by atoms with Crippen molar-refractivity contribution in [3.8, 4) is 0 Å². The van der Waals surface area contributed by atoms with Crippen LogP contribution in [0.2, 0.25) is 0 Å². The average Bonchev–Trinajstić information content (AvgIpc) is 2.59. The molecule has 0 fully saturated rings. The number of aryl methyl sites for hydroxylation is 1. The molecule has 0 saturated heterocycles. The monoisotopic (exact) mass is 233 g/mol. The van der Waals surface area contributed by atoms with Gasteiger partial charge in [0.1, 0.15) is 5.76 Å². The van der Waals surface area contributed by atoms with Crippen molar-refractivity contribution in [2.24, 2.45) is 5.73 Å². The maximum atomic E-state index is 11.3. The van der Waals surface area contributed by atoms with Gasteiger partial charge < -0.3 is 10.2 Å². The predicted molar refractivity (Wildman–Crippen MR) is 55.5 cm³/mol. The summed E-state index contributed by atoms with van der Waals surface area (Å²) in [5.41, 5.74) is 5.22. The van der Waals surface area contributed by atoms with E-state index in [0.29, 0.717) is 24.6 Å². The lowest BCUT2D eigenvalue weighted by atomic mass is 10.5. The second-order valence-corrected chi connectivity index (χ2v) is 5.07. The Hall–Kier alpha value is -0.920. The van der Waals surface area contributed by atoms with Crippen LogP contribution in [0.1, 0.15) is 18.1 Å². The number of rotatable bonds is 6. The molecule has 1 aromatic heterocycles. The molecule has 86 valence electrons. The van der Waals surface area contributed by atoms with Crippen molar-refractivity contribution in [1.29, 1.82) is 0 Å². The summed E-state index contributed by atoms with van der Waals surface area (Å²) in [5.74, 6) is 1.05. The van der Waals surface area contributed by atoms with E-state index in [-0.39, 0.29) is 12.3 Å². The third kappa shape index (κ3) is 4.41. The molecule has 1 heterocycles. The van der Waals surface area contributed by atoms with Gasteiger partial charge in [-0.25, -0.2) is 18.1 Å². The molecule has 0 spiro atoms. The number of nitrogens with one attached hydrogen (secondary N) is 1. The molecule has 0 aliphatic heterocycles. The van der Waals surface area contributed by atoms with Crippen LogP contribution in [-0.2, 0) is 16.6 Å². The molecule has 0 aliphatic carbocycles. The second-order valence-electron chi connectivity index (χ2n) is 3.15. The maximum Gasteiger partial charge on any atom is 0.212 e. The van der Waals surface area contributed by atoms with E-state index in [4.69, 9.17) is 10.2 Å². The van der Waals surface area contributed by atoms with Gasteiger partial charge >= 0.3 is 0 Å². The normalized spacial score (nSPS) is 11.9. The van der Waals surface area contributed by atoms with Crippen molar-refractivity contribution in [2.75, 3.05) is 12.3 Å². The van der Waals surface area contributed by atoms with Crippen LogP contribution in [0, 0.1) is 6.92 Å². The molecule has 6 nitrogen and oxygen atoms in total. The Morgan fingerprint density at radius 1 is 1.60 bits per heavy atom. The van der Waals surface area contributed by atoms with Gasteiger partial charge in [-0.2, -0.15) is 0 Å². The summed E-state index contributed by atoms with van der Waals surface area (Å²) in [5, 5.41) is 0. The summed E-state index contributed by atoms with van der Waals surface area (Å²) in [4.78, 5) is 3.88. The van der Waals surface area contributed by atoms with E-state index >= 15 is 0 Å². The van der Waals surface area contributed by atoms with E-state index in [2.05, 4.69) is 9.71 Å². The Balaban J connectivity index is 2.42. The number of hydrogen-bond donors (Lipinski definition) is 2. The van der Waals surface area contributed by atoms with Crippen LogP contribution in [0.5, 0.6) is 0 Å². The SMILES string of the molecule is Cc1cnc(CNS(=O)(=O)CCCN)o1. The van der Waals surface area contributed by atoms with Crippen LogP contribution in [0.3, 0.4) is 0 Å². The van der Waals surface area contributed by atoms with E-state index in [1.165, 1.54) is 0 Å². The molecule has 0 aliphatic rings. The third-order valence-electron chi connectivity index (χ3n) is 1.73. The van der Waals surface area contributed by atoms with Crippen LogP contribution in [0.25, 0.3) is 0 Å². The minimum absolute atomic E-state index is 0.0309. The van der Waals surface area contributed by atoms with E-state index in [1.54, 1.807) is 13.1 Å². The molecule has 0 unspecified atom stereocenters. The molecular weight excluding hydrogens is 218 g/mol. The Morgan fingerprint density at radius 3 is 2.87 bits per heavy atom. The first-order valence-corrected chi connectivity index (χ1v) is 6.27. The standard InChI is InChI=1S/C8H15N3O3S/c1-7-5-10-8(14-7)6-11-15(12,13)4-2-3-9/h5,11H,2-4,6,9H2,1H3. The minimum Gasteiger partial charge on any atom is -0.445 e. The highest BCUT2D eigenvalue weighted by molar-refractivity contribution is 7.89.